The Morgan fingerprint density at radius 3 is 3.00 bits per heavy atom. The first-order chi connectivity index (χ1) is 11.7. The summed E-state index contributed by atoms with van der Waals surface area (Å²) in [7, 11) is 2.02. The number of aromatic nitrogens is 3. The number of aryl methyl sites for hydroxylation is 1. The molecule has 0 aromatic carbocycles. The molecule has 2 aromatic heterocycles. The van der Waals surface area contributed by atoms with Gasteiger partial charge < -0.3 is 14.8 Å². The summed E-state index contributed by atoms with van der Waals surface area (Å²) < 4.78 is 2.06. The second kappa shape index (κ2) is 7.79. The molecule has 1 N–H and O–H groups in total. The van der Waals surface area contributed by atoms with Crippen LogP contribution in [-0.4, -0.2) is 38.6 Å². The average molecular weight is 347 g/mol. The number of hydrogen-bond acceptors (Lipinski definition) is 4. The highest BCUT2D eigenvalue weighted by Gasteiger charge is 2.26. The summed E-state index contributed by atoms with van der Waals surface area (Å²) in [6, 6.07) is 0.0361. The SMILES string of the molecule is CC[C@H](NC(=O)N1CCC[C@@H](Cc2nccn2C)C1)c1nccs1. The number of rotatable bonds is 5. The molecular formula is C17H25N5OS. The van der Waals surface area contributed by atoms with Crippen LogP contribution < -0.4 is 5.32 Å². The van der Waals surface area contributed by atoms with E-state index in [1.807, 2.05) is 29.7 Å². The number of piperidine rings is 1. The van der Waals surface area contributed by atoms with E-state index in [9.17, 15) is 4.79 Å². The molecule has 1 saturated heterocycles. The van der Waals surface area contributed by atoms with Gasteiger partial charge >= 0.3 is 6.03 Å². The van der Waals surface area contributed by atoms with Gasteiger partial charge in [0.25, 0.3) is 0 Å². The topological polar surface area (TPSA) is 63.1 Å². The van der Waals surface area contributed by atoms with Crippen molar-refractivity contribution in [2.45, 2.75) is 38.6 Å². The van der Waals surface area contributed by atoms with Crippen molar-refractivity contribution in [3.05, 3.63) is 34.8 Å². The van der Waals surface area contributed by atoms with E-state index < -0.39 is 0 Å². The molecule has 24 heavy (non-hydrogen) atoms. The van der Waals surface area contributed by atoms with Crippen LogP contribution in [0.1, 0.15) is 43.1 Å². The van der Waals surface area contributed by atoms with Crippen molar-refractivity contribution in [2.24, 2.45) is 13.0 Å². The third kappa shape index (κ3) is 3.95. The Kier molecular flexibility index (Phi) is 5.50. The van der Waals surface area contributed by atoms with E-state index >= 15 is 0 Å². The molecule has 7 heteroatoms. The summed E-state index contributed by atoms with van der Waals surface area (Å²) in [6.07, 6.45) is 9.58. The molecule has 0 bridgehead atoms. The van der Waals surface area contributed by atoms with Crippen molar-refractivity contribution in [3.8, 4) is 0 Å². The lowest BCUT2D eigenvalue weighted by molar-refractivity contribution is 0.161. The molecule has 3 heterocycles. The number of nitrogens with zero attached hydrogens (tertiary/aromatic N) is 4. The summed E-state index contributed by atoms with van der Waals surface area (Å²) in [5.41, 5.74) is 0. The number of thiazole rings is 1. The minimum absolute atomic E-state index is 0.00687. The largest absolute Gasteiger partial charge is 0.338 e. The van der Waals surface area contributed by atoms with Gasteiger partial charge in [-0.3, -0.25) is 0 Å². The molecule has 0 spiro atoms. The third-order valence-corrected chi connectivity index (χ3v) is 5.54. The standard InChI is InChI=1S/C17H25N5OS/c1-3-14(16-19-7-10-24-16)20-17(23)22-8-4-5-13(12-22)11-15-18-6-9-21(15)2/h6-7,9-10,13-14H,3-5,8,11-12H2,1-2H3,(H,20,23)/t13-,14-/m0/s1. The number of carbonyl (C=O) groups excluding carboxylic acids is 1. The highest BCUT2D eigenvalue weighted by Crippen LogP contribution is 2.22. The lowest BCUT2D eigenvalue weighted by Gasteiger charge is -2.33. The highest BCUT2D eigenvalue weighted by atomic mass is 32.1. The number of carbonyl (C=O) groups is 1. The van der Waals surface area contributed by atoms with E-state index in [-0.39, 0.29) is 12.1 Å². The monoisotopic (exact) mass is 347 g/mol. The summed E-state index contributed by atoms with van der Waals surface area (Å²) in [6.45, 7) is 3.70. The van der Waals surface area contributed by atoms with Gasteiger partial charge in [-0.15, -0.1) is 11.3 Å². The van der Waals surface area contributed by atoms with E-state index in [0.717, 1.165) is 49.6 Å². The predicted molar refractivity (Wildman–Crippen MR) is 94.9 cm³/mol. The molecule has 0 radical (unpaired) electrons. The smallest absolute Gasteiger partial charge is 0.317 e. The van der Waals surface area contributed by atoms with Crippen molar-refractivity contribution >= 4 is 17.4 Å². The minimum Gasteiger partial charge on any atom is -0.338 e. The summed E-state index contributed by atoms with van der Waals surface area (Å²) in [5, 5.41) is 6.08. The van der Waals surface area contributed by atoms with Crippen molar-refractivity contribution in [1.82, 2.24) is 24.8 Å². The maximum atomic E-state index is 12.6. The zero-order chi connectivity index (χ0) is 16.9. The van der Waals surface area contributed by atoms with Gasteiger partial charge in [0.15, 0.2) is 0 Å². The van der Waals surface area contributed by atoms with E-state index in [0.29, 0.717) is 5.92 Å². The lowest BCUT2D eigenvalue weighted by Crippen LogP contribution is -2.46. The van der Waals surface area contributed by atoms with Crippen molar-refractivity contribution in [3.63, 3.8) is 0 Å². The summed E-state index contributed by atoms with van der Waals surface area (Å²) >= 11 is 1.59. The van der Waals surface area contributed by atoms with Crippen LogP contribution in [0.15, 0.2) is 24.0 Å². The van der Waals surface area contributed by atoms with Crippen LogP contribution in [0.4, 0.5) is 4.79 Å². The van der Waals surface area contributed by atoms with Gasteiger partial charge in [0.2, 0.25) is 0 Å². The average Bonchev–Trinajstić information content (AvgIpc) is 3.25. The van der Waals surface area contributed by atoms with Crippen molar-refractivity contribution < 1.29 is 4.79 Å². The van der Waals surface area contributed by atoms with Gasteiger partial charge in [-0.1, -0.05) is 6.92 Å². The minimum atomic E-state index is 0.00687. The molecule has 1 aliphatic heterocycles. The first-order valence-corrected chi connectivity index (χ1v) is 9.46. The Bertz CT molecular complexity index is 654. The Morgan fingerprint density at radius 2 is 2.33 bits per heavy atom. The number of nitrogens with one attached hydrogen (secondary N) is 1. The van der Waals surface area contributed by atoms with Crippen molar-refractivity contribution in [1.29, 1.82) is 0 Å². The molecule has 3 rings (SSSR count). The Hall–Kier alpha value is -1.89. The molecule has 2 amide bonds. The number of amides is 2. The molecule has 2 atom stereocenters. The van der Waals surface area contributed by atoms with E-state index in [4.69, 9.17) is 0 Å². The Morgan fingerprint density at radius 1 is 1.46 bits per heavy atom. The van der Waals surface area contributed by atoms with Crippen LogP contribution in [-0.2, 0) is 13.5 Å². The highest BCUT2D eigenvalue weighted by molar-refractivity contribution is 7.09. The quantitative estimate of drug-likeness (QED) is 0.904. The van der Waals surface area contributed by atoms with Crippen molar-refractivity contribution in [2.75, 3.05) is 13.1 Å². The van der Waals surface area contributed by atoms with Crippen LogP contribution in [0.2, 0.25) is 0 Å². The van der Waals surface area contributed by atoms with Crippen LogP contribution in [0.3, 0.4) is 0 Å². The van der Waals surface area contributed by atoms with Crippen LogP contribution >= 0.6 is 11.3 Å². The van der Waals surface area contributed by atoms with Gasteiger partial charge in [0, 0.05) is 50.5 Å². The lowest BCUT2D eigenvalue weighted by atomic mass is 9.94. The number of hydrogen-bond donors (Lipinski definition) is 1. The fourth-order valence-electron chi connectivity index (χ4n) is 3.25. The number of imidazole rings is 1. The maximum absolute atomic E-state index is 12.6. The second-order valence-corrected chi connectivity index (χ2v) is 7.32. The fraction of sp³-hybridized carbons (Fsp3) is 0.588. The summed E-state index contributed by atoms with van der Waals surface area (Å²) in [5.74, 6) is 1.57. The van der Waals surface area contributed by atoms with Crippen LogP contribution in [0, 0.1) is 5.92 Å². The van der Waals surface area contributed by atoms with Crippen LogP contribution in [0.5, 0.6) is 0 Å². The molecule has 130 valence electrons. The number of likely N-dealkylation sites (tertiary alicyclic amines) is 1. The molecule has 1 fully saturated rings. The van der Waals surface area contributed by atoms with Gasteiger partial charge in [-0.25, -0.2) is 14.8 Å². The zero-order valence-corrected chi connectivity index (χ0v) is 15.1. The molecule has 1 aliphatic rings. The van der Waals surface area contributed by atoms with Crippen LogP contribution in [0.25, 0.3) is 0 Å². The van der Waals surface area contributed by atoms with E-state index in [2.05, 4.69) is 26.8 Å². The summed E-state index contributed by atoms with van der Waals surface area (Å²) in [4.78, 5) is 23.3. The molecule has 6 nitrogen and oxygen atoms in total. The normalized spacial score (nSPS) is 19.2. The van der Waals surface area contributed by atoms with E-state index in [1.54, 1.807) is 17.5 Å². The molecule has 0 aliphatic carbocycles. The third-order valence-electron chi connectivity index (χ3n) is 4.65. The van der Waals surface area contributed by atoms with Gasteiger partial charge in [0.05, 0.1) is 6.04 Å². The fourth-order valence-corrected chi connectivity index (χ4v) is 4.03. The van der Waals surface area contributed by atoms with E-state index in [1.165, 1.54) is 0 Å². The molecule has 0 saturated carbocycles. The molecule has 2 aromatic rings. The Labute approximate surface area is 146 Å². The van der Waals surface area contributed by atoms with Gasteiger partial charge in [-0.05, 0) is 25.2 Å². The number of urea groups is 1. The van der Waals surface area contributed by atoms with Gasteiger partial charge in [0.1, 0.15) is 10.8 Å². The first-order valence-electron chi connectivity index (χ1n) is 8.58. The predicted octanol–water partition coefficient (Wildman–Crippen LogP) is 2.99. The Balaban J connectivity index is 1.57. The second-order valence-electron chi connectivity index (χ2n) is 6.39. The zero-order valence-electron chi connectivity index (χ0n) is 14.3. The molecular weight excluding hydrogens is 322 g/mol. The van der Waals surface area contributed by atoms with Gasteiger partial charge in [-0.2, -0.15) is 0 Å². The maximum Gasteiger partial charge on any atom is 0.317 e. The first kappa shape index (κ1) is 17.0. The molecule has 0 unspecified atom stereocenters.